The predicted octanol–water partition coefficient (Wildman–Crippen LogP) is 1.15. The van der Waals surface area contributed by atoms with Crippen LogP contribution in [0.4, 0.5) is 0 Å². The van der Waals surface area contributed by atoms with Gasteiger partial charge in [-0.3, -0.25) is 9.36 Å². The molecule has 0 radical (unpaired) electrons. The minimum atomic E-state index is -0.683. The molecule has 0 fully saturated rings. The van der Waals surface area contributed by atoms with Crippen LogP contribution in [-0.4, -0.2) is 16.5 Å². The number of benzene rings is 2. The van der Waals surface area contributed by atoms with Gasteiger partial charge in [0.15, 0.2) is 5.58 Å². The fourth-order valence-corrected chi connectivity index (χ4v) is 2.49. The van der Waals surface area contributed by atoms with E-state index in [1.807, 2.05) is 36.4 Å². The van der Waals surface area contributed by atoms with Crippen LogP contribution in [-0.2, 0) is 18.3 Å². The minimum Gasteiger partial charge on any atom is -0.408 e. The molecule has 6 heteroatoms. The molecule has 1 amide bonds. The van der Waals surface area contributed by atoms with Crippen LogP contribution in [0.15, 0.2) is 51.7 Å². The Morgan fingerprint density at radius 3 is 2.48 bits per heavy atom. The van der Waals surface area contributed by atoms with Gasteiger partial charge in [-0.25, -0.2) is 4.79 Å². The number of hydrogen-bond donors (Lipinski definition) is 2. The molecule has 3 aromatic rings. The number of primary amides is 1. The number of hydrogen-bond acceptors (Lipinski definition) is 4. The zero-order valence-corrected chi connectivity index (χ0v) is 12.7. The van der Waals surface area contributed by atoms with E-state index >= 15 is 0 Å². The molecule has 0 aliphatic rings. The summed E-state index contributed by atoms with van der Waals surface area (Å²) in [6, 6.07) is 12.6. The number of amides is 1. The molecule has 1 heterocycles. The van der Waals surface area contributed by atoms with Crippen molar-refractivity contribution in [2.75, 3.05) is 0 Å². The Balaban J connectivity index is 1.91. The Hall–Kier alpha value is -2.86. The van der Waals surface area contributed by atoms with Crippen molar-refractivity contribution in [1.82, 2.24) is 4.57 Å². The molecule has 0 spiro atoms. The van der Waals surface area contributed by atoms with Gasteiger partial charge >= 0.3 is 5.76 Å². The first-order chi connectivity index (χ1) is 11.0. The fourth-order valence-electron chi connectivity index (χ4n) is 2.49. The van der Waals surface area contributed by atoms with Crippen molar-refractivity contribution in [1.29, 1.82) is 0 Å². The molecule has 23 heavy (non-hydrogen) atoms. The Labute approximate surface area is 132 Å². The number of oxazole rings is 1. The van der Waals surface area contributed by atoms with E-state index in [4.69, 9.17) is 15.9 Å². The van der Waals surface area contributed by atoms with Crippen LogP contribution >= 0.6 is 0 Å². The lowest BCUT2D eigenvalue weighted by Crippen LogP contribution is -2.38. The molecule has 1 aromatic heterocycles. The molecule has 2 aromatic carbocycles. The summed E-state index contributed by atoms with van der Waals surface area (Å²) in [7, 11) is 1.67. The topological polar surface area (TPSA) is 104 Å². The van der Waals surface area contributed by atoms with Crippen molar-refractivity contribution in [3.05, 3.63) is 58.6 Å². The molecule has 118 valence electrons. The molecule has 0 saturated heterocycles. The highest BCUT2D eigenvalue weighted by Gasteiger charge is 2.11. The van der Waals surface area contributed by atoms with E-state index < -0.39 is 11.9 Å². The molecule has 0 unspecified atom stereocenters. The fraction of sp³-hybridized carbons (Fsp3) is 0.176. The van der Waals surface area contributed by atoms with E-state index in [9.17, 15) is 9.59 Å². The molecule has 4 N–H and O–H groups in total. The van der Waals surface area contributed by atoms with Crippen molar-refractivity contribution >= 4 is 17.0 Å². The first-order valence-electron chi connectivity index (χ1n) is 7.19. The van der Waals surface area contributed by atoms with Gasteiger partial charge in [0.25, 0.3) is 0 Å². The third-order valence-electron chi connectivity index (χ3n) is 3.90. The number of aryl methyl sites for hydroxylation is 1. The number of nitrogens with zero attached hydrogens (tertiary/aromatic N) is 1. The molecular formula is C17H17N3O3. The van der Waals surface area contributed by atoms with Crippen molar-refractivity contribution in [2.45, 2.75) is 12.5 Å². The smallest absolute Gasteiger partial charge is 0.408 e. The van der Waals surface area contributed by atoms with E-state index in [0.717, 1.165) is 22.2 Å². The van der Waals surface area contributed by atoms with Crippen molar-refractivity contribution in [3.63, 3.8) is 0 Å². The van der Waals surface area contributed by atoms with Gasteiger partial charge in [-0.05, 0) is 35.2 Å². The summed E-state index contributed by atoms with van der Waals surface area (Å²) in [5.74, 6) is -0.895. The Morgan fingerprint density at radius 1 is 1.17 bits per heavy atom. The maximum atomic E-state index is 11.5. The van der Waals surface area contributed by atoms with Crippen LogP contribution in [0.1, 0.15) is 5.56 Å². The second-order valence-corrected chi connectivity index (χ2v) is 5.52. The number of aromatic nitrogens is 1. The van der Waals surface area contributed by atoms with E-state index in [2.05, 4.69) is 0 Å². The van der Waals surface area contributed by atoms with Crippen molar-refractivity contribution in [3.8, 4) is 11.1 Å². The molecule has 0 aliphatic heterocycles. The lowest BCUT2D eigenvalue weighted by molar-refractivity contribution is -0.119. The van der Waals surface area contributed by atoms with Gasteiger partial charge in [-0.15, -0.1) is 0 Å². The normalized spacial score (nSPS) is 12.4. The van der Waals surface area contributed by atoms with Gasteiger partial charge in [0.1, 0.15) is 0 Å². The molecule has 3 rings (SSSR count). The number of nitrogens with two attached hydrogens (primary N) is 2. The monoisotopic (exact) mass is 311 g/mol. The van der Waals surface area contributed by atoms with E-state index in [1.54, 1.807) is 13.1 Å². The maximum absolute atomic E-state index is 11.5. The van der Waals surface area contributed by atoms with E-state index in [1.165, 1.54) is 4.57 Å². The summed E-state index contributed by atoms with van der Waals surface area (Å²) < 4.78 is 6.60. The Kier molecular flexibility index (Phi) is 3.75. The van der Waals surface area contributed by atoms with Gasteiger partial charge in [-0.1, -0.05) is 30.3 Å². The summed E-state index contributed by atoms with van der Waals surface area (Å²) in [5, 5.41) is 0. The molecule has 0 saturated carbocycles. The lowest BCUT2D eigenvalue weighted by Gasteiger charge is -2.08. The number of fused-ring (bicyclic) bond motifs is 1. The van der Waals surface area contributed by atoms with Crippen molar-refractivity contribution < 1.29 is 9.21 Å². The maximum Gasteiger partial charge on any atom is 0.419 e. The average Bonchev–Trinajstić information content (AvgIpc) is 2.82. The first-order valence-corrected chi connectivity index (χ1v) is 7.19. The highest BCUT2D eigenvalue weighted by molar-refractivity contribution is 5.81. The molecule has 1 atom stereocenters. The summed E-state index contributed by atoms with van der Waals surface area (Å²) in [6.07, 6.45) is 0.408. The van der Waals surface area contributed by atoms with Crippen LogP contribution in [0.3, 0.4) is 0 Å². The zero-order chi connectivity index (χ0) is 16.6. The van der Waals surface area contributed by atoms with E-state index in [0.29, 0.717) is 12.0 Å². The average molecular weight is 311 g/mol. The number of rotatable bonds is 4. The summed E-state index contributed by atoms with van der Waals surface area (Å²) in [5.41, 5.74) is 15.0. The molecule has 6 nitrogen and oxygen atoms in total. The molecule has 0 aliphatic carbocycles. The van der Waals surface area contributed by atoms with Crippen LogP contribution in [0.5, 0.6) is 0 Å². The van der Waals surface area contributed by atoms with Crippen LogP contribution in [0, 0.1) is 0 Å². The quantitative estimate of drug-likeness (QED) is 0.754. The SMILES string of the molecule is Cn1c(=O)oc2ccc(-c3ccc(C[C@H](N)C(N)=O)cc3)cc21. The van der Waals surface area contributed by atoms with Crippen LogP contribution in [0.2, 0.25) is 0 Å². The summed E-state index contributed by atoms with van der Waals surface area (Å²) >= 11 is 0. The zero-order valence-electron chi connectivity index (χ0n) is 12.7. The number of carbonyl (C=O) groups excluding carboxylic acids is 1. The minimum absolute atomic E-state index is 0.382. The van der Waals surface area contributed by atoms with Crippen molar-refractivity contribution in [2.24, 2.45) is 18.5 Å². The summed E-state index contributed by atoms with van der Waals surface area (Å²) in [6.45, 7) is 0. The van der Waals surface area contributed by atoms with E-state index in [-0.39, 0.29) is 5.76 Å². The molecule has 0 bridgehead atoms. The van der Waals surface area contributed by atoms with Gasteiger partial charge in [0.05, 0.1) is 11.6 Å². The second-order valence-electron chi connectivity index (χ2n) is 5.52. The highest BCUT2D eigenvalue weighted by Crippen LogP contribution is 2.24. The predicted molar refractivity (Wildman–Crippen MR) is 87.8 cm³/mol. The second kappa shape index (κ2) is 5.73. The van der Waals surface area contributed by atoms with Crippen LogP contribution in [0.25, 0.3) is 22.2 Å². The van der Waals surface area contributed by atoms with Gasteiger partial charge in [0.2, 0.25) is 5.91 Å². The third-order valence-corrected chi connectivity index (χ3v) is 3.90. The largest absolute Gasteiger partial charge is 0.419 e. The summed E-state index contributed by atoms with van der Waals surface area (Å²) in [4.78, 5) is 22.5. The Morgan fingerprint density at radius 2 is 1.83 bits per heavy atom. The number of carbonyl (C=O) groups is 1. The van der Waals surface area contributed by atoms with Crippen LogP contribution < -0.4 is 17.2 Å². The first kappa shape index (κ1) is 15.1. The van der Waals surface area contributed by atoms with Gasteiger partial charge in [0, 0.05) is 7.05 Å². The standard InChI is InChI=1S/C17H17N3O3/c1-20-14-9-12(6-7-15(14)23-17(20)22)11-4-2-10(3-5-11)8-13(18)16(19)21/h2-7,9,13H,8,18H2,1H3,(H2,19,21)/t13-/m0/s1. The van der Waals surface area contributed by atoms with Gasteiger partial charge in [-0.2, -0.15) is 0 Å². The Bertz CT molecular complexity index is 922. The van der Waals surface area contributed by atoms with Gasteiger partial charge < -0.3 is 15.9 Å². The third kappa shape index (κ3) is 2.89. The highest BCUT2D eigenvalue weighted by atomic mass is 16.4. The molecular weight excluding hydrogens is 294 g/mol. The lowest BCUT2D eigenvalue weighted by atomic mass is 10.0.